The Morgan fingerprint density at radius 3 is 1.94 bits per heavy atom. The molecule has 0 saturated heterocycles. The molecule has 0 aliphatic rings. The minimum Gasteiger partial charge on any atom is -0.258 e. The molecule has 0 saturated carbocycles. The van der Waals surface area contributed by atoms with Crippen LogP contribution in [0.2, 0.25) is 0 Å². The predicted molar refractivity (Wildman–Crippen MR) is 132 cm³/mol. The average Bonchev–Trinajstić information content (AvgIpc) is 2.77. The highest BCUT2D eigenvalue weighted by Gasteiger charge is 2.28. The fraction of sp³-hybridized carbons (Fsp3) is 0.455. The SMILES string of the molecule is CC(C)CCN(CCC(C)C)/S(=N\S(=O)(=O)c1ccccc1)c1ccc([N+](=O)[O-])cc1[N+](=O)[O-]. The van der Waals surface area contributed by atoms with E-state index in [0.29, 0.717) is 24.9 Å². The number of non-ortho nitro benzene ring substituents is 1. The molecule has 0 fully saturated rings. The van der Waals surface area contributed by atoms with Crippen LogP contribution in [0.3, 0.4) is 0 Å². The molecule has 10 nitrogen and oxygen atoms in total. The molecule has 0 N–H and O–H groups in total. The molecule has 0 aliphatic carbocycles. The number of nitro benzene ring substituents is 2. The van der Waals surface area contributed by atoms with Gasteiger partial charge in [-0.25, -0.2) is 4.31 Å². The highest BCUT2D eigenvalue weighted by atomic mass is 32.3. The first kappa shape index (κ1) is 27.5. The van der Waals surface area contributed by atoms with Gasteiger partial charge in [0.05, 0.1) is 20.8 Å². The number of sulfonamides is 1. The number of benzene rings is 2. The first-order chi connectivity index (χ1) is 15.9. The second-order valence-electron chi connectivity index (χ2n) is 8.59. The molecular formula is C22H30N4O6S2. The minimum atomic E-state index is -4.16. The Morgan fingerprint density at radius 1 is 0.912 bits per heavy atom. The Balaban J connectivity index is 2.77. The molecule has 34 heavy (non-hydrogen) atoms. The van der Waals surface area contributed by atoms with E-state index in [1.165, 1.54) is 18.2 Å². The van der Waals surface area contributed by atoms with Crippen molar-refractivity contribution in [2.24, 2.45) is 15.6 Å². The van der Waals surface area contributed by atoms with Crippen molar-refractivity contribution in [3.63, 3.8) is 0 Å². The molecule has 1 unspecified atom stereocenters. The lowest BCUT2D eigenvalue weighted by Gasteiger charge is -2.26. The van der Waals surface area contributed by atoms with Gasteiger partial charge in [0, 0.05) is 30.0 Å². The first-order valence-electron chi connectivity index (χ1n) is 10.9. The van der Waals surface area contributed by atoms with Crippen molar-refractivity contribution in [2.45, 2.75) is 50.3 Å². The summed E-state index contributed by atoms with van der Waals surface area (Å²) in [6.45, 7) is 9.07. The molecule has 0 radical (unpaired) electrons. The minimum absolute atomic E-state index is 0.0234. The summed E-state index contributed by atoms with van der Waals surface area (Å²) in [5.74, 6) is 0.620. The van der Waals surface area contributed by atoms with Gasteiger partial charge in [-0.2, -0.15) is 8.42 Å². The quantitative estimate of drug-likeness (QED) is 0.277. The van der Waals surface area contributed by atoms with E-state index in [9.17, 15) is 28.6 Å². The topological polar surface area (TPSA) is 136 Å². The van der Waals surface area contributed by atoms with Crippen LogP contribution in [0.15, 0.2) is 62.1 Å². The van der Waals surface area contributed by atoms with Crippen LogP contribution < -0.4 is 0 Å². The van der Waals surface area contributed by atoms with E-state index < -0.39 is 42.1 Å². The maximum atomic E-state index is 13.2. The Bertz CT molecular complexity index is 1140. The summed E-state index contributed by atoms with van der Waals surface area (Å²) in [4.78, 5) is 21.6. The summed E-state index contributed by atoms with van der Waals surface area (Å²) in [7, 11) is -5.74. The van der Waals surface area contributed by atoms with Crippen molar-refractivity contribution in [1.82, 2.24) is 4.31 Å². The number of rotatable bonds is 12. The van der Waals surface area contributed by atoms with Gasteiger partial charge < -0.3 is 0 Å². The second kappa shape index (κ2) is 12.1. The molecule has 0 spiro atoms. The molecule has 12 heteroatoms. The third-order valence-corrected chi connectivity index (χ3v) is 8.72. The van der Waals surface area contributed by atoms with Gasteiger partial charge in [-0.05, 0) is 42.9 Å². The number of hydrogen-bond donors (Lipinski definition) is 0. The van der Waals surface area contributed by atoms with Crippen LogP contribution in [0, 0.1) is 32.1 Å². The van der Waals surface area contributed by atoms with Gasteiger partial charge in [0.25, 0.3) is 21.4 Å². The van der Waals surface area contributed by atoms with Gasteiger partial charge in [0.2, 0.25) is 0 Å². The van der Waals surface area contributed by atoms with E-state index in [2.05, 4.69) is 3.77 Å². The van der Waals surface area contributed by atoms with Crippen LogP contribution >= 0.6 is 0 Å². The summed E-state index contributed by atoms with van der Waals surface area (Å²) >= 11 is 0. The van der Waals surface area contributed by atoms with Crippen molar-refractivity contribution >= 4 is 32.3 Å². The third-order valence-electron chi connectivity index (χ3n) is 4.91. The lowest BCUT2D eigenvalue weighted by Crippen LogP contribution is -2.31. The third kappa shape index (κ3) is 7.67. The normalized spacial score (nSPS) is 13.0. The second-order valence-corrected chi connectivity index (χ2v) is 12.1. The zero-order valence-electron chi connectivity index (χ0n) is 19.7. The molecule has 0 amide bonds. The zero-order valence-corrected chi connectivity index (χ0v) is 21.3. The molecule has 0 aliphatic heterocycles. The number of nitro groups is 2. The number of nitrogens with zero attached hydrogens (tertiary/aromatic N) is 4. The van der Waals surface area contributed by atoms with E-state index in [4.69, 9.17) is 0 Å². The Kier molecular flexibility index (Phi) is 9.83. The van der Waals surface area contributed by atoms with Crippen molar-refractivity contribution in [3.05, 3.63) is 68.8 Å². The van der Waals surface area contributed by atoms with Crippen LogP contribution in [0.25, 0.3) is 0 Å². The largest absolute Gasteiger partial charge is 0.292 e. The Morgan fingerprint density at radius 2 is 1.47 bits per heavy atom. The van der Waals surface area contributed by atoms with E-state index in [1.807, 2.05) is 32.0 Å². The van der Waals surface area contributed by atoms with E-state index >= 15 is 0 Å². The molecule has 0 heterocycles. The van der Waals surface area contributed by atoms with Crippen molar-refractivity contribution in [1.29, 1.82) is 0 Å². The maximum absolute atomic E-state index is 13.2. The average molecular weight is 511 g/mol. The van der Waals surface area contributed by atoms with Crippen molar-refractivity contribution in [2.75, 3.05) is 13.1 Å². The summed E-state index contributed by atoms with van der Waals surface area (Å²) in [6, 6.07) is 10.9. The van der Waals surface area contributed by atoms with E-state index in [0.717, 1.165) is 25.0 Å². The standard InChI is InChI=1S/C22H30N4O6S2/c1-17(2)12-14-24(15-13-18(3)4)33(23-34(31,32)20-8-6-5-7-9-20)22-11-10-19(25(27)28)16-21(22)26(29)30/h5-11,16-18H,12-15H2,1-4H3. The fourth-order valence-electron chi connectivity index (χ4n) is 2.96. The maximum Gasteiger partial charge on any atom is 0.292 e. The smallest absolute Gasteiger partial charge is 0.258 e. The predicted octanol–water partition coefficient (Wildman–Crippen LogP) is 5.36. The van der Waals surface area contributed by atoms with Gasteiger partial charge in [0.1, 0.15) is 4.90 Å². The molecule has 0 bridgehead atoms. The highest BCUT2D eigenvalue weighted by molar-refractivity contribution is 7.99. The van der Waals surface area contributed by atoms with Crippen LogP contribution in [0.5, 0.6) is 0 Å². The van der Waals surface area contributed by atoms with Gasteiger partial charge in [0.15, 0.2) is 0 Å². The Hall–Kier alpha value is -2.70. The van der Waals surface area contributed by atoms with Crippen molar-refractivity contribution < 1.29 is 18.3 Å². The Labute approximate surface area is 202 Å². The van der Waals surface area contributed by atoms with Gasteiger partial charge in [-0.3, -0.25) is 20.2 Å². The van der Waals surface area contributed by atoms with Gasteiger partial charge in [-0.15, -0.1) is 3.77 Å². The van der Waals surface area contributed by atoms with Crippen LogP contribution in [-0.4, -0.2) is 35.7 Å². The van der Waals surface area contributed by atoms with E-state index in [1.54, 1.807) is 18.2 Å². The van der Waals surface area contributed by atoms with Gasteiger partial charge >= 0.3 is 0 Å². The fourth-order valence-corrected chi connectivity index (χ4v) is 6.59. The molecule has 1 atom stereocenters. The molecule has 2 aromatic carbocycles. The van der Waals surface area contributed by atoms with Crippen LogP contribution in [0.4, 0.5) is 11.4 Å². The van der Waals surface area contributed by atoms with E-state index in [-0.39, 0.29) is 9.79 Å². The monoisotopic (exact) mass is 510 g/mol. The summed E-state index contributed by atoms with van der Waals surface area (Å²) < 4.78 is 32.4. The molecule has 2 aromatic rings. The van der Waals surface area contributed by atoms with Crippen LogP contribution in [-0.2, 0) is 20.9 Å². The first-order valence-corrected chi connectivity index (χ1v) is 13.5. The lowest BCUT2D eigenvalue weighted by atomic mass is 10.1. The lowest BCUT2D eigenvalue weighted by molar-refractivity contribution is -0.396. The zero-order chi connectivity index (χ0) is 25.5. The molecule has 2 rings (SSSR count). The number of hydrogen-bond acceptors (Lipinski definition) is 6. The molecular weight excluding hydrogens is 480 g/mol. The summed E-state index contributed by atoms with van der Waals surface area (Å²) in [6.07, 6.45) is 1.45. The van der Waals surface area contributed by atoms with Gasteiger partial charge in [-0.1, -0.05) is 45.9 Å². The summed E-state index contributed by atoms with van der Waals surface area (Å²) in [5, 5.41) is 23.1. The summed E-state index contributed by atoms with van der Waals surface area (Å²) in [5.41, 5.74) is -0.968. The highest BCUT2D eigenvalue weighted by Crippen LogP contribution is 2.31. The van der Waals surface area contributed by atoms with Crippen LogP contribution in [0.1, 0.15) is 40.5 Å². The van der Waals surface area contributed by atoms with Crippen molar-refractivity contribution in [3.8, 4) is 0 Å². The molecule has 186 valence electrons. The molecule has 0 aromatic heterocycles.